The molecule has 2 aromatic rings. The Balaban J connectivity index is 2.43. The number of aromatic carboxylic acids is 1. The molecule has 4 heteroatoms. The Kier molecular flexibility index (Phi) is 0.974. The van der Waals surface area contributed by atoms with Crippen LogP contribution in [0.5, 0.6) is 0 Å². The van der Waals surface area contributed by atoms with Gasteiger partial charge < -0.3 is 10.1 Å². The molecule has 0 atom stereocenters. The van der Waals surface area contributed by atoms with Gasteiger partial charge in [0.05, 0.1) is 5.39 Å². The maximum atomic E-state index is 10.8. The van der Waals surface area contributed by atoms with Gasteiger partial charge in [-0.15, -0.1) is 0 Å². The molecule has 0 spiro atoms. The zero-order valence-corrected chi connectivity index (χ0v) is 6.74. The van der Waals surface area contributed by atoms with E-state index in [9.17, 15) is 4.79 Å². The fraction of sp³-hybridized carbons (Fsp3) is 0.111. The molecular formula is C9H7N2O2+. The van der Waals surface area contributed by atoms with Gasteiger partial charge in [-0.05, 0) is 6.07 Å². The van der Waals surface area contributed by atoms with Crippen LogP contribution in [-0.4, -0.2) is 16.1 Å². The summed E-state index contributed by atoms with van der Waals surface area (Å²) in [7, 11) is 0. The van der Waals surface area contributed by atoms with E-state index < -0.39 is 5.97 Å². The van der Waals surface area contributed by atoms with E-state index in [4.69, 9.17) is 5.11 Å². The normalized spacial score (nSPS) is 12.9. The van der Waals surface area contributed by atoms with Crippen molar-refractivity contribution in [2.75, 3.05) is 0 Å². The Bertz CT molecular complexity index is 528. The minimum atomic E-state index is -0.867. The highest BCUT2D eigenvalue weighted by Gasteiger charge is 2.33. The number of hydrogen-bond acceptors (Lipinski definition) is 1. The lowest BCUT2D eigenvalue weighted by Crippen LogP contribution is -2.48. The van der Waals surface area contributed by atoms with Crippen LogP contribution in [0.25, 0.3) is 10.9 Å². The Morgan fingerprint density at radius 1 is 1.54 bits per heavy atom. The lowest BCUT2D eigenvalue weighted by Gasteiger charge is -2.08. The molecule has 4 nitrogen and oxygen atoms in total. The van der Waals surface area contributed by atoms with Crippen LogP contribution in [0, 0.1) is 0 Å². The highest BCUT2D eigenvalue weighted by molar-refractivity contribution is 5.88. The third kappa shape index (κ3) is 0.654. The fourth-order valence-electron chi connectivity index (χ4n) is 1.84. The van der Waals surface area contributed by atoms with Crippen LogP contribution >= 0.6 is 0 Å². The summed E-state index contributed by atoms with van der Waals surface area (Å²) in [6, 6.07) is 3.47. The number of pyridine rings is 1. The first kappa shape index (κ1) is 6.65. The lowest BCUT2D eigenvalue weighted by atomic mass is 10.1. The number of carboxylic acid groups (broad SMARTS) is 1. The molecule has 0 radical (unpaired) electrons. The predicted molar refractivity (Wildman–Crippen MR) is 44.6 cm³/mol. The number of H-pyrrole nitrogens is 1. The Hall–Kier alpha value is -1.84. The standard InChI is InChI=1S/C9H6N2O2/c12-9(13)7-2-1-5-3-10-6-4-11(7)8(5)6/h1-3H,4H2,(H,12,13)/p+1. The van der Waals surface area contributed by atoms with Gasteiger partial charge in [-0.1, -0.05) is 0 Å². The van der Waals surface area contributed by atoms with Gasteiger partial charge in [0.1, 0.15) is 0 Å². The molecule has 0 saturated carbocycles. The molecule has 0 aromatic carbocycles. The minimum absolute atomic E-state index is 0.361. The Morgan fingerprint density at radius 3 is 3.15 bits per heavy atom. The highest BCUT2D eigenvalue weighted by Crippen LogP contribution is 2.21. The van der Waals surface area contributed by atoms with Crippen molar-refractivity contribution in [3.05, 3.63) is 29.7 Å². The summed E-state index contributed by atoms with van der Waals surface area (Å²) in [6.45, 7) is 0.682. The van der Waals surface area contributed by atoms with Crippen LogP contribution in [0.1, 0.15) is 16.2 Å². The molecule has 64 valence electrons. The summed E-state index contributed by atoms with van der Waals surface area (Å²) in [5.74, 6) is -0.867. The molecule has 13 heavy (non-hydrogen) atoms. The molecule has 3 rings (SSSR count). The fourth-order valence-corrected chi connectivity index (χ4v) is 1.84. The molecule has 2 aromatic heterocycles. The zero-order valence-electron chi connectivity index (χ0n) is 6.74. The molecule has 0 saturated heterocycles. The number of nitrogens with one attached hydrogen (secondary N) is 1. The number of nitrogens with zero attached hydrogens (tertiary/aromatic N) is 1. The number of aromatic amines is 1. The van der Waals surface area contributed by atoms with Gasteiger partial charge in [0, 0.05) is 12.3 Å². The molecule has 3 heterocycles. The maximum absolute atomic E-state index is 10.8. The molecule has 0 bridgehead atoms. The van der Waals surface area contributed by atoms with Crippen LogP contribution in [-0.2, 0) is 6.54 Å². The number of hydrogen-bond donors (Lipinski definition) is 2. The average Bonchev–Trinajstić information content (AvgIpc) is 2.40. The first-order valence-electron chi connectivity index (χ1n) is 4.03. The molecule has 0 fully saturated rings. The number of carboxylic acids is 1. The van der Waals surface area contributed by atoms with Gasteiger partial charge in [-0.2, -0.15) is 4.57 Å². The first-order chi connectivity index (χ1) is 6.27. The molecule has 0 unspecified atom stereocenters. The number of carbonyl (C=O) groups is 1. The van der Waals surface area contributed by atoms with E-state index in [2.05, 4.69) is 4.98 Å². The van der Waals surface area contributed by atoms with Gasteiger partial charge >= 0.3 is 5.97 Å². The van der Waals surface area contributed by atoms with Crippen LogP contribution in [0.2, 0.25) is 0 Å². The van der Waals surface area contributed by atoms with Crippen molar-refractivity contribution in [3.8, 4) is 0 Å². The van der Waals surface area contributed by atoms with Crippen LogP contribution in [0.4, 0.5) is 0 Å². The van der Waals surface area contributed by atoms with E-state index in [-0.39, 0.29) is 0 Å². The highest BCUT2D eigenvalue weighted by atomic mass is 16.4. The van der Waals surface area contributed by atoms with Crippen LogP contribution < -0.4 is 4.57 Å². The van der Waals surface area contributed by atoms with Gasteiger partial charge in [0.25, 0.3) is 5.69 Å². The molecule has 2 N–H and O–H groups in total. The first-order valence-corrected chi connectivity index (χ1v) is 4.03. The second kappa shape index (κ2) is 1.90. The average molecular weight is 175 g/mol. The molecule has 1 aliphatic rings. The van der Waals surface area contributed by atoms with E-state index in [1.807, 2.05) is 16.8 Å². The smallest absolute Gasteiger partial charge is 0.401 e. The SMILES string of the molecule is O=C(O)c1ccc2c[nH]c3c2[n+]1C3. The van der Waals surface area contributed by atoms with Gasteiger partial charge in [0.15, 0.2) is 12.2 Å². The van der Waals surface area contributed by atoms with E-state index in [0.29, 0.717) is 12.2 Å². The van der Waals surface area contributed by atoms with Gasteiger partial charge in [-0.25, -0.2) is 4.79 Å². The minimum Gasteiger partial charge on any atom is -0.473 e. The summed E-state index contributed by atoms with van der Waals surface area (Å²) >= 11 is 0. The van der Waals surface area contributed by atoms with Crippen molar-refractivity contribution < 1.29 is 14.5 Å². The van der Waals surface area contributed by atoms with Crippen molar-refractivity contribution in [1.29, 1.82) is 0 Å². The van der Waals surface area contributed by atoms with Crippen LogP contribution in [0.3, 0.4) is 0 Å². The lowest BCUT2D eigenvalue weighted by molar-refractivity contribution is -0.685. The van der Waals surface area contributed by atoms with Crippen LogP contribution in [0.15, 0.2) is 18.3 Å². The van der Waals surface area contributed by atoms with E-state index >= 15 is 0 Å². The molecule has 0 amide bonds. The summed E-state index contributed by atoms with van der Waals surface area (Å²) < 4.78 is 1.81. The Morgan fingerprint density at radius 2 is 2.38 bits per heavy atom. The predicted octanol–water partition coefficient (Wildman–Crippen LogP) is 0.515. The van der Waals surface area contributed by atoms with Gasteiger partial charge in [0.2, 0.25) is 5.52 Å². The molecule has 0 aliphatic carbocycles. The van der Waals surface area contributed by atoms with Crippen molar-refractivity contribution in [1.82, 2.24) is 4.98 Å². The second-order valence-electron chi connectivity index (χ2n) is 3.18. The Labute approximate surface area is 73.4 Å². The molecular weight excluding hydrogens is 168 g/mol. The largest absolute Gasteiger partial charge is 0.473 e. The monoisotopic (exact) mass is 175 g/mol. The topological polar surface area (TPSA) is 57.0 Å². The van der Waals surface area contributed by atoms with Gasteiger partial charge in [-0.3, -0.25) is 0 Å². The molecule has 1 aliphatic heterocycles. The second-order valence-corrected chi connectivity index (χ2v) is 3.18. The van der Waals surface area contributed by atoms with Crippen molar-refractivity contribution in [2.24, 2.45) is 0 Å². The zero-order chi connectivity index (χ0) is 9.00. The summed E-state index contributed by atoms with van der Waals surface area (Å²) in [5.41, 5.74) is 2.51. The van der Waals surface area contributed by atoms with Crippen molar-refractivity contribution in [3.63, 3.8) is 0 Å². The van der Waals surface area contributed by atoms with Crippen molar-refractivity contribution >= 4 is 16.9 Å². The summed E-state index contributed by atoms with van der Waals surface area (Å²) in [5, 5.41) is 9.94. The summed E-state index contributed by atoms with van der Waals surface area (Å²) in [4.78, 5) is 13.9. The number of aromatic nitrogens is 2. The van der Waals surface area contributed by atoms with E-state index in [0.717, 1.165) is 16.6 Å². The van der Waals surface area contributed by atoms with Crippen molar-refractivity contribution in [2.45, 2.75) is 6.54 Å². The summed E-state index contributed by atoms with van der Waals surface area (Å²) in [6.07, 6.45) is 1.90. The van der Waals surface area contributed by atoms with E-state index in [1.165, 1.54) is 0 Å². The number of rotatable bonds is 1. The van der Waals surface area contributed by atoms with E-state index in [1.54, 1.807) is 6.07 Å². The third-order valence-corrected chi connectivity index (χ3v) is 2.48. The quantitative estimate of drug-likeness (QED) is 0.529. The third-order valence-electron chi connectivity index (χ3n) is 2.48. The maximum Gasteiger partial charge on any atom is 0.401 e.